The Kier molecular flexibility index (Phi) is 7.11. The molecule has 58 heavy (non-hydrogen) atoms. The zero-order valence-electron chi connectivity index (χ0n) is 31.3. The fourth-order valence-corrected chi connectivity index (χ4v) is 9.62. The molecule has 4 heteroatoms. The van der Waals surface area contributed by atoms with Crippen LogP contribution in [0.15, 0.2) is 200 Å². The van der Waals surface area contributed by atoms with Crippen molar-refractivity contribution in [2.45, 2.75) is 5.41 Å². The van der Waals surface area contributed by atoms with Gasteiger partial charge < -0.3 is 4.74 Å². The molecule has 1 spiro atoms. The minimum absolute atomic E-state index is 0.598. The molecule has 0 N–H and O–H groups in total. The first-order chi connectivity index (χ1) is 28.8. The second kappa shape index (κ2) is 12.7. The third-order valence-corrected chi connectivity index (χ3v) is 12.0. The maximum Gasteiger partial charge on any atom is 0.164 e. The minimum Gasteiger partial charge on any atom is -0.457 e. The van der Waals surface area contributed by atoms with Crippen LogP contribution < -0.4 is 4.74 Å². The van der Waals surface area contributed by atoms with Gasteiger partial charge >= 0.3 is 0 Å². The molecule has 0 saturated carbocycles. The smallest absolute Gasteiger partial charge is 0.164 e. The molecule has 0 unspecified atom stereocenters. The molecular formula is C54H33N3O. The van der Waals surface area contributed by atoms with Crippen molar-refractivity contribution in [1.29, 1.82) is 0 Å². The van der Waals surface area contributed by atoms with Gasteiger partial charge in [0.1, 0.15) is 11.5 Å². The second-order valence-electron chi connectivity index (χ2n) is 15.0. The molecule has 0 bridgehead atoms. The third kappa shape index (κ3) is 4.66. The zero-order valence-corrected chi connectivity index (χ0v) is 31.3. The Hall–Kier alpha value is -7.69. The highest BCUT2D eigenvalue weighted by atomic mass is 16.5. The Morgan fingerprint density at radius 3 is 1.55 bits per heavy atom. The monoisotopic (exact) mass is 739 g/mol. The first-order valence-electron chi connectivity index (χ1n) is 19.7. The summed E-state index contributed by atoms with van der Waals surface area (Å²) >= 11 is 0. The largest absolute Gasteiger partial charge is 0.457 e. The average molecular weight is 740 g/mol. The molecule has 1 aliphatic carbocycles. The van der Waals surface area contributed by atoms with Gasteiger partial charge in [0.05, 0.1) is 5.41 Å². The number of ether oxygens (including phenoxy) is 1. The fraction of sp³-hybridized carbons (Fsp3) is 0.0185. The van der Waals surface area contributed by atoms with E-state index in [1.54, 1.807) is 0 Å². The van der Waals surface area contributed by atoms with Crippen LogP contribution in [0.2, 0.25) is 0 Å². The first kappa shape index (κ1) is 32.5. The summed E-state index contributed by atoms with van der Waals surface area (Å²) in [7, 11) is 0. The van der Waals surface area contributed by atoms with Crippen LogP contribution in [0.5, 0.6) is 11.5 Å². The number of hydrogen-bond donors (Lipinski definition) is 0. The Labute approximate surface area is 335 Å². The average Bonchev–Trinajstić information content (AvgIpc) is 3.59. The van der Waals surface area contributed by atoms with Gasteiger partial charge in [-0.1, -0.05) is 188 Å². The van der Waals surface area contributed by atoms with Crippen molar-refractivity contribution in [3.63, 3.8) is 0 Å². The summed E-state index contributed by atoms with van der Waals surface area (Å²) in [6, 6.07) is 70.7. The normalized spacial score (nSPS) is 13.1. The lowest BCUT2D eigenvalue weighted by atomic mass is 9.66. The van der Waals surface area contributed by atoms with Gasteiger partial charge in [-0.05, 0) is 67.1 Å². The van der Waals surface area contributed by atoms with Crippen molar-refractivity contribution in [1.82, 2.24) is 15.0 Å². The molecule has 4 nitrogen and oxygen atoms in total. The van der Waals surface area contributed by atoms with Crippen molar-refractivity contribution < 1.29 is 4.74 Å². The zero-order chi connectivity index (χ0) is 38.2. The summed E-state index contributed by atoms with van der Waals surface area (Å²) in [6.07, 6.45) is 0. The lowest BCUT2D eigenvalue weighted by molar-refractivity contribution is 0.436. The second-order valence-corrected chi connectivity index (χ2v) is 15.0. The van der Waals surface area contributed by atoms with Gasteiger partial charge in [-0.25, -0.2) is 15.0 Å². The Morgan fingerprint density at radius 2 is 0.776 bits per heavy atom. The third-order valence-electron chi connectivity index (χ3n) is 12.0. The quantitative estimate of drug-likeness (QED) is 0.180. The van der Waals surface area contributed by atoms with Crippen molar-refractivity contribution >= 4 is 21.5 Å². The lowest BCUT2D eigenvalue weighted by Crippen LogP contribution is -2.32. The molecule has 10 aromatic rings. The summed E-state index contributed by atoms with van der Waals surface area (Å²) in [5, 5.41) is 4.67. The molecule has 0 fully saturated rings. The summed E-state index contributed by atoms with van der Waals surface area (Å²) < 4.78 is 6.60. The number of para-hydroxylation sites is 2. The van der Waals surface area contributed by atoms with Crippen LogP contribution in [0.1, 0.15) is 22.3 Å². The number of benzene rings is 9. The van der Waals surface area contributed by atoms with Gasteiger partial charge in [0, 0.05) is 27.8 Å². The van der Waals surface area contributed by atoms with Gasteiger partial charge in [-0.3, -0.25) is 0 Å². The van der Waals surface area contributed by atoms with Gasteiger partial charge in [0.2, 0.25) is 0 Å². The summed E-state index contributed by atoms with van der Waals surface area (Å²) in [4.78, 5) is 16.0. The molecule has 12 rings (SSSR count). The molecule has 0 saturated heterocycles. The van der Waals surface area contributed by atoms with Crippen LogP contribution >= 0.6 is 0 Å². The highest BCUT2D eigenvalue weighted by Crippen LogP contribution is 2.63. The SMILES string of the molecule is c1ccc(-c2nc(-c3cccc4c3-c3ccccc3C43c4ccccc4Oc4ccccc43)nc(-c3cccc4c(-c5cccc6ccccc56)cccc34)n2)cc1. The number of rotatable bonds is 4. The van der Waals surface area contributed by atoms with Crippen LogP contribution in [-0.4, -0.2) is 15.0 Å². The number of aromatic nitrogens is 3. The molecular weight excluding hydrogens is 707 g/mol. The van der Waals surface area contributed by atoms with Crippen molar-refractivity contribution in [3.8, 4) is 67.9 Å². The van der Waals surface area contributed by atoms with E-state index in [4.69, 9.17) is 19.7 Å². The van der Waals surface area contributed by atoms with E-state index >= 15 is 0 Å². The van der Waals surface area contributed by atoms with Gasteiger partial charge in [-0.2, -0.15) is 0 Å². The first-order valence-corrected chi connectivity index (χ1v) is 19.7. The van der Waals surface area contributed by atoms with E-state index in [9.17, 15) is 0 Å². The van der Waals surface area contributed by atoms with E-state index in [1.807, 2.05) is 30.3 Å². The summed E-state index contributed by atoms with van der Waals surface area (Å²) in [5.41, 5.74) is 11.5. The topological polar surface area (TPSA) is 47.9 Å². The van der Waals surface area contributed by atoms with Crippen LogP contribution in [0.25, 0.3) is 78.0 Å². The van der Waals surface area contributed by atoms with E-state index in [0.717, 1.165) is 61.2 Å². The van der Waals surface area contributed by atoms with Gasteiger partial charge in [0.15, 0.2) is 17.5 Å². The number of nitrogens with zero attached hydrogens (tertiary/aromatic N) is 3. The van der Waals surface area contributed by atoms with Crippen LogP contribution in [0, 0.1) is 0 Å². The standard InChI is InChI=1S/C54H33N3O/c1-2-17-35(18-3-1)51-55-52(41-26-14-24-39-38(23-13-25-40(39)41)37-22-12-19-34-16-4-5-20-36(34)37)57-53(56-51)43-27-15-31-47-50(43)42-21-6-7-28-44(42)54(47)45-29-8-10-32-48(45)58-49-33-11-9-30-46(49)54/h1-33H. The fourth-order valence-electron chi connectivity index (χ4n) is 9.62. The number of fused-ring (bicyclic) bond motifs is 11. The molecule has 0 radical (unpaired) electrons. The maximum atomic E-state index is 6.60. The van der Waals surface area contributed by atoms with Crippen molar-refractivity contribution in [2.24, 2.45) is 0 Å². The number of hydrogen-bond acceptors (Lipinski definition) is 4. The predicted octanol–water partition coefficient (Wildman–Crippen LogP) is 13.3. The van der Waals surface area contributed by atoms with E-state index in [2.05, 4.69) is 170 Å². The highest BCUT2D eigenvalue weighted by molar-refractivity contribution is 6.09. The van der Waals surface area contributed by atoms with Crippen LogP contribution in [0.3, 0.4) is 0 Å². The molecule has 0 atom stereocenters. The molecule has 1 aromatic heterocycles. The molecule has 270 valence electrons. The van der Waals surface area contributed by atoms with Gasteiger partial charge in [0.25, 0.3) is 0 Å². The van der Waals surface area contributed by atoms with Crippen molar-refractivity contribution in [2.75, 3.05) is 0 Å². The lowest BCUT2D eigenvalue weighted by Gasteiger charge is -2.39. The van der Waals surface area contributed by atoms with E-state index in [0.29, 0.717) is 17.5 Å². The molecule has 2 heterocycles. The molecule has 0 amide bonds. The Bertz CT molecular complexity index is 3230. The summed E-state index contributed by atoms with van der Waals surface area (Å²) in [5.74, 6) is 3.61. The maximum absolute atomic E-state index is 6.60. The minimum atomic E-state index is -0.598. The Balaban J connectivity index is 1.12. The van der Waals surface area contributed by atoms with Crippen molar-refractivity contribution in [3.05, 3.63) is 222 Å². The van der Waals surface area contributed by atoms with Crippen LogP contribution in [0.4, 0.5) is 0 Å². The van der Waals surface area contributed by atoms with Gasteiger partial charge in [-0.15, -0.1) is 0 Å². The highest BCUT2D eigenvalue weighted by Gasteiger charge is 2.51. The molecule has 1 aliphatic heterocycles. The molecule has 9 aromatic carbocycles. The van der Waals surface area contributed by atoms with E-state index in [-0.39, 0.29) is 0 Å². The van der Waals surface area contributed by atoms with E-state index < -0.39 is 5.41 Å². The predicted molar refractivity (Wildman–Crippen MR) is 234 cm³/mol. The van der Waals surface area contributed by atoms with E-state index in [1.165, 1.54) is 33.0 Å². The molecule has 2 aliphatic rings. The van der Waals surface area contributed by atoms with Crippen LogP contribution in [-0.2, 0) is 5.41 Å². The Morgan fingerprint density at radius 1 is 0.310 bits per heavy atom. The summed E-state index contributed by atoms with van der Waals surface area (Å²) in [6.45, 7) is 0.